The summed E-state index contributed by atoms with van der Waals surface area (Å²) in [5, 5.41) is 3.33. The fraction of sp³-hybridized carbons (Fsp3) is 0.917. The number of carbonyl (C=O) groups is 1. The predicted octanol–water partition coefficient (Wildman–Crippen LogP) is 1.72. The topological polar surface area (TPSA) is 38.3 Å². The molecule has 0 amide bonds. The van der Waals surface area contributed by atoms with Crippen LogP contribution in [0.15, 0.2) is 0 Å². The summed E-state index contributed by atoms with van der Waals surface area (Å²) in [4.78, 5) is 11.6. The van der Waals surface area contributed by atoms with Gasteiger partial charge in [-0.25, -0.2) is 0 Å². The molecule has 3 nitrogen and oxygen atoms in total. The van der Waals surface area contributed by atoms with Crippen LogP contribution in [0, 0.1) is 11.8 Å². The van der Waals surface area contributed by atoms with Gasteiger partial charge in [0.2, 0.25) is 0 Å². The van der Waals surface area contributed by atoms with Crippen molar-refractivity contribution in [2.24, 2.45) is 11.8 Å². The largest absolute Gasteiger partial charge is 0.465 e. The van der Waals surface area contributed by atoms with Gasteiger partial charge in [-0.2, -0.15) is 0 Å². The van der Waals surface area contributed by atoms with E-state index in [4.69, 9.17) is 4.74 Å². The summed E-state index contributed by atoms with van der Waals surface area (Å²) in [6.45, 7) is 3.36. The fourth-order valence-corrected chi connectivity index (χ4v) is 2.97. The Morgan fingerprint density at radius 2 is 2.07 bits per heavy atom. The van der Waals surface area contributed by atoms with Crippen LogP contribution in [0.2, 0.25) is 0 Å². The number of carbonyl (C=O) groups excluding carboxylic acids is 1. The smallest absolute Gasteiger partial charge is 0.323 e. The van der Waals surface area contributed by atoms with E-state index in [9.17, 15) is 4.79 Å². The first-order valence-electron chi connectivity index (χ1n) is 6.21. The van der Waals surface area contributed by atoms with Crippen molar-refractivity contribution in [1.82, 2.24) is 5.32 Å². The molecule has 1 aliphatic carbocycles. The van der Waals surface area contributed by atoms with Crippen LogP contribution in [0.4, 0.5) is 0 Å². The summed E-state index contributed by atoms with van der Waals surface area (Å²) in [5.74, 6) is 1.51. The highest BCUT2D eigenvalue weighted by Gasteiger charge is 2.35. The van der Waals surface area contributed by atoms with Gasteiger partial charge in [-0.15, -0.1) is 0 Å². The third-order valence-corrected chi connectivity index (χ3v) is 3.80. The van der Waals surface area contributed by atoms with Gasteiger partial charge in [-0.05, 0) is 38.1 Å². The number of rotatable bonds is 2. The zero-order chi connectivity index (χ0) is 10.7. The van der Waals surface area contributed by atoms with E-state index in [0.29, 0.717) is 6.61 Å². The van der Waals surface area contributed by atoms with E-state index in [1.54, 1.807) is 0 Å². The summed E-state index contributed by atoms with van der Waals surface area (Å²) in [5.41, 5.74) is 0. The number of fused-ring (bicyclic) bond motifs is 1. The van der Waals surface area contributed by atoms with Crippen molar-refractivity contribution >= 4 is 5.97 Å². The molecule has 0 bridgehead atoms. The number of hydrogen-bond donors (Lipinski definition) is 1. The Hall–Kier alpha value is -0.570. The van der Waals surface area contributed by atoms with E-state index >= 15 is 0 Å². The monoisotopic (exact) mass is 211 g/mol. The van der Waals surface area contributed by atoms with E-state index in [1.807, 2.05) is 6.92 Å². The first-order valence-corrected chi connectivity index (χ1v) is 6.21. The van der Waals surface area contributed by atoms with E-state index in [0.717, 1.165) is 24.8 Å². The molecular formula is C12H21NO2. The summed E-state index contributed by atoms with van der Waals surface area (Å²) in [7, 11) is 0. The lowest BCUT2D eigenvalue weighted by atomic mass is 9.74. The molecule has 1 N–H and O–H groups in total. The van der Waals surface area contributed by atoms with E-state index in [2.05, 4.69) is 5.32 Å². The molecule has 15 heavy (non-hydrogen) atoms. The van der Waals surface area contributed by atoms with Gasteiger partial charge in [-0.3, -0.25) is 4.79 Å². The predicted molar refractivity (Wildman–Crippen MR) is 58.5 cm³/mol. The zero-order valence-corrected chi connectivity index (χ0v) is 9.50. The molecule has 0 aromatic rings. The molecule has 2 aliphatic rings. The van der Waals surface area contributed by atoms with Crippen LogP contribution in [-0.2, 0) is 9.53 Å². The fourth-order valence-electron chi connectivity index (χ4n) is 2.97. The van der Waals surface area contributed by atoms with Crippen LogP contribution < -0.4 is 5.32 Å². The van der Waals surface area contributed by atoms with Gasteiger partial charge in [0.05, 0.1) is 6.61 Å². The molecule has 2 fully saturated rings. The van der Waals surface area contributed by atoms with Crippen molar-refractivity contribution in [2.75, 3.05) is 13.2 Å². The third kappa shape index (κ3) is 2.51. The van der Waals surface area contributed by atoms with Crippen molar-refractivity contribution in [3.63, 3.8) is 0 Å². The summed E-state index contributed by atoms with van der Waals surface area (Å²) in [6, 6.07) is -0.0377. The maximum absolute atomic E-state index is 11.6. The normalized spacial score (nSPS) is 35.7. The molecule has 0 aromatic heterocycles. The zero-order valence-electron chi connectivity index (χ0n) is 9.50. The molecule has 3 heteroatoms. The van der Waals surface area contributed by atoms with Gasteiger partial charge in [0, 0.05) is 0 Å². The highest BCUT2D eigenvalue weighted by molar-refractivity contribution is 5.75. The Bertz CT molecular complexity index is 230. The van der Waals surface area contributed by atoms with Crippen molar-refractivity contribution in [2.45, 2.75) is 45.1 Å². The number of ether oxygens (including phenoxy) is 1. The van der Waals surface area contributed by atoms with Gasteiger partial charge in [0.15, 0.2) is 0 Å². The Balaban J connectivity index is 1.87. The Labute approximate surface area is 91.6 Å². The van der Waals surface area contributed by atoms with Crippen LogP contribution in [0.1, 0.15) is 39.0 Å². The Morgan fingerprint density at radius 3 is 2.80 bits per heavy atom. The van der Waals surface area contributed by atoms with Gasteiger partial charge in [-0.1, -0.05) is 19.3 Å². The number of hydrogen-bond acceptors (Lipinski definition) is 3. The molecule has 1 aliphatic heterocycles. The van der Waals surface area contributed by atoms with Crippen LogP contribution >= 0.6 is 0 Å². The van der Waals surface area contributed by atoms with Crippen molar-refractivity contribution in [3.8, 4) is 0 Å². The molecule has 0 radical (unpaired) electrons. The molecule has 1 heterocycles. The lowest BCUT2D eigenvalue weighted by Crippen LogP contribution is -2.49. The highest BCUT2D eigenvalue weighted by Crippen LogP contribution is 2.35. The van der Waals surface area contributed by atoms with Gasteiger partial charge < -0.3 is 10.1 Å². The average molecular weight is 211 g/mol. The second-order valence-electron chi connectivity index (χ2n) is 4.75. The van der Waals surface area contributed by atoms with Crippen LogP contribution in [0.25, 0.3) is 0 Å². The van der Waals surface area contributed by atoms with Crippen LogP contribution in [0.3, 0.4) is 0 Å². The third-order valence-electron chi connectivity index (χ3n) is 3.80. The minimum atomic E-state index is -0.0541. The quantitative estimate of drug-likeness (QED) is 0.707. The minimum absolute atomic E-state index is 0.0377. The second-order valence-corrected chi connectivity index (χ2v) is 4.75. The van der Waals surface area contributed by atoms with E-state index in [-0.39, 0.29) is 12.0 Å². The molecule has 0 spiro atoms. The van der Waals surface area contributed by atoms with E-state index in [1.165, 1.54) is 25.7 Å². The standard InChI is InChI=1S/C12H21NO2/c1-2-15-12(14)11-7-9-5-3-4-6-10(9)8-13-11/h9-11,13H,2-8H2,1H3/t9?,10?,11-/m0/s1. The average Bonchev–Trinajstić information content (AvgIpc) is 2.29. The maximum Gasteiger partial charge on any atom is 0.323 e. The minimum Gasteiger partial charge on any atom is -0.465 e. The van der Waals surface area contributed by atoms with Crippen LogP contribution in [0.5, 0.6) is 0 Å². The number of piperidine rings is 1. The Morgan fingerprint density at radius 1 is 1.33 bits per heavy atom. The molecule has 2 rings (SSSR count). The molecule has 86 valence electrons. The van der Waals surface area contributed by atoms with E-state index < -0.39 is 0 Å². The molecule has 1 saturated carbocycles. The first-order chi connectivity index (χ1) is 7.31. The van der Waals surface area contributed by atoms with Gasteiger partial charge >= 0.3 is 5.97 Å². The lowest BCUT2D eigenvalue weighted by Gasteiger charge is -2.39. The highest BCUT2D eigenvalue weighted by atomic mass is 16.5. The first kappa shape index (κ1) is 10.9. The molecular weight excluding hydrogens is 190 g/mol. The number of nitrogens with one attached hydrogen (secondary N) is 1. The second kappa shape index (κ2) is 4.97. The van der Waals surface area contributed by atoms with Crippen LogP contribution in [-0.4, -0.2) is 25.2 Å². The van der Waals surface area contributed by atoms with Gasteiger partial charge in [0.25, 0.3) is 0 Å². The SMILES string of the molecule is CCOC(=O)[C@@H]1CC2CCCCC2CN1. The Kier molecular flexibility index (Phi) is 3.62. The molecule has 2 unspecified atom stereocenters. The summed E-state index contributed by atoms with van der Waals surface area (Å²) in [6.07, 6.45) is 6.35. The van der Waals surface area contributed by atoms with Crippen molar-refractivity contribution < 1.29 is 9.53 Å². The summed E-state index contributed by atoms with van der Waals surface area (Å²) < 4.78 is 5.06. The lowest BCUT2D eigenvalue weighted by molar-refractivity contribution is -0.147. The van der Waals surface area contributed by atoms with Crippen molar-refractivity contribution in [3.05, 3.63) is 0 Å². The molecule has 3 atom stereocenters. The molecule has 0 aromatic carbocycles. The maximum atomic E-state index is 11.6. The molecule has 1 saturated heterocycles. The van der Waals surface area contributed by atoms with Gasteiger partial charge in [0.1, 0.15) is 6.04 Å². The summed E-state index contributed by atoms with van der Waals surface area (Å²) >= 11 is 0. The van der Waals surface area contributed by atoms with Crippen molar-refractivity contribution in [1.29, 1.82) is 0 Å². The number of esters is 1.